The first-order valence-electron chi connectivity index (χ1n) is 8.83. The molecule has 0 aliphatic carbocycles. The van der Waals surface area contributed by atoms with Gasteiger partial charge in [-0.15, -0.1) is 0 Å². The van der Waals surface area contributed by atoms with Gasteiger partial charge in [0.2, 0.25) is 0 Å². The van der Waals surface area contributed by atoms with E-state index in [4.69, 9.17) is 16.1 Å². The normalized spacial score (nSPS) is 13.3. The second kappa shape index (κ2) is 8.99. The van der Waals surface area contributed by atoms with Crippen LogP contribution in [0.1, 0.15) is 24.4 Å². The molecule has 3 N–H and O–H groups in total. The molecular weight excluding hydrogens is 364 g/mol. The molecule has 0 fully saturated rings. The van der Waals surface area contributed by atoms with Gasteiger partial charge in [-0.25, -0.2) is 0 Å². The van der Waals surface area contributed by atoms with Gasteiger partial charge in [0.25, 0.3) is 5.89 Å². The monoisotopic (exact) mass is 386 g/mol. The highest BCUT2D eigenvalue weighted by molar-refractivity contribution is 6.30. The summed E-state index contributed by atoms with van der Waals surface area (Å²) in [6.07, 6.45) is -0.594. The van der Waals surface area contributed by atoms with Gasteiger partial charge in [0.15, 0.2) is 5.82 Å². The first-order chi connectivity index (χ1) is 13.0. The van der Waals surface area contributed by atoms with Gasteiger partial charge in [0.1, 0.15) is 0 Å². The second-order valence-corrected chi connectivity index (χ2v) is 6.92. The highest BCUT2D eigenvalue weighted by Gasteiger charge is 2.10. The average Bonchev–Trinajstić information content (AvgIpc) is 3.11. The molecule has 142 valence electrons. The van der Waals surface area contributed by atoms with Crippen molar-refractivity contribution in [3.8, 4) is 11.5 Å². The van der Waals surface area contributed by atoms with Crippen LogP contribution in [0.5, 0.6) is 0 Å². The number of anilines is 1. The molecule has 0 aliphatic rings. The van der Waals surface area contributed by atoms with Crippen LogP contribution in [0.3, 0.4) is 0 Å². The molecule has 0 unspecified atom stereocenters. The fraction of sp³-hybridized carbons (Fsp3) is 0.300. The summed E-state index contributed by atoms with van der Waals surface area (Å²) < 4.78 is 5.16. The van der Waals surface area contributed by atoms with Crippen LogP contribution in [0.2, 0.25) is 5.02 Å². The van der Waals surface area contributed by atoms with Crippen molar-refractivity contribution in [3.63, 3.8) is 0 Å². The lowest BCUT2D eigenvalue weighted by molar-refractivity contribution is 0.171. The van der Waals surface area contributed by atoms with E-state index in [0.717, 1.165) is 23.4 Å². The minimum atomic E-state index is -0.594. The highest BCUT2D eigenvalue weighted by Crippen LogP contribution is 2.20. The van der Waals surface area contributed by atoms with Crippen molar-refractivity contribution < 1.29 is 9.63 Å². The maximum atomic E-state index is 10.3. The number of nitrogens with zero attached hydrogens (tertiary/aromatic N) is 2. The van der Waals surface area contributed by atoms with E-state index >= 15 is 0 Å². The predicted molar refractivity (Wildman–Crippen MR) is 107 cm³/mol. The summed E-state index contributed by atoms with van der Waals surface area (Å²) >= 11 is 5.97. The number of hydrogen-bond donors (Lipinski definition) is 3. The van der Waals surface area contributed by atoms with E-state index in [-0.39, 0.29) is 6.04 Å². The van der Waals surface area contributed by atoms with Gasteiger partial charge in [0.05, 0.1) is 6.10 Å². The number of aromatic nitrogens is 2. The molecule has 0 aliphatic heterocycles. The molecule has 3 rings (SSSR count). The fourth-order valence-electron chi connectivity index (χ4n) is 2.63. The molecule has 7 heteroatoms. The molecule has 2 aromatic carbocycles. The number of hydrogen-bond acceptors (Lipinski definition) is 6. The number of aryl methyl sites for hydroxylation is 1. The summed E-state index contributed by atoms with van der Waals surface area (Å²) in [5.74, 6) is 1.14. The molecule has 0 saturated carbocycles. The second-order valence-electron chi connectivity index (χ2n) is 6.49. The first-order valence-corrected chi connectivity index (χ1v) is 9.20. The third kappa shape index (κ3) is 5.53. The Hall–Kier alpha value is -2.41. The van der Waals surface area contributed by atoms with Gasteiger partial charge in [-0.05, 0) is 55.8 Å². The maximum absolute atomic E-state index is 10.3. The Balaban J connectivity index is 1.45. The lowest BCUT2D eigenvalue weighted by Gasteiger charge is -2.18. The molecular formula is C20H23ClN4O2. The standard InChI is InChI=1S/C20H23ClN4O2/c1-13(22-12-19(26)16-4-3-5-17(21)10-16)11-23-18-8-6-15(7-9-18)20-24-14(2)25-27-20/h3-10,13,19,22-23,26H,11-12H2,1-2H3/t13-,19+/m1/s1. The zero-order valence-electron chi connectivity index (χ0n) is 15.3. The summed E-state index contributed by atoms with van der Waals surface area (Å²) in [7, 11) is 0. The lowest BCUT2D eigenvalue weighted by Crippen LogP contribution is -2.35. The Morgan fingerprint density at radius 1 is 1.15 bits per heavy atom. The number of benzene rings is 2. The van der Waals surface area contributed by atoms with Crippen molar-refractivity contribution in [2.75, 3.05) is 18.4 Å². The van der Waals surface area contributed by atoms with Gasteiger partial charge < -0.3 is 20.3 Å². The van der Waals surface area contributed by atoms with Gasteiger partial charge in [-0.2, -0.15) is 4.98 Å². The van der Waals surface area contributed by atoms with Gasteiger partial charge in [-0.1, -0.05) is 28.9 Å². The van der Waals surface area contributed by atoms with Crippen LogP contribution in [0, 0.1) is 6.92 Å². The maximum Gasteiger partial charge on any atom is 0.257 e. The van der Waals surface area contributed by atoms with E-state index in [2.05, 4.69) is 27.7 Å². The van der Waals surface area contributed by atoms with Crippen LogP contribution in [0.4, 0.5) is 5.69 Å². The fourth-order valence-corrected chi connectivity index (χ4v) is 2.83. The molecule has 0 amide bonds. The van der Waals surface area contributed by atoms with E-state index in [1.807, 2.05) is 36.4 Å². The van der Waals surface area contributed by atoms with Crippen LogP contribution in [0.15, 0.2) is 53.1 Å². The number of aliphatic hydroxyl groups excluding tert-OH is 1. The van der Waals surface area contributed by atoms with E-state index < -0.39 is 6.10 Å². The van der Waals surface area contributed by atoms with Gasteiger partial charge in [0, 0.05) is 35.4 Å². The van der Waals surface area contributed by atoms with Crippen molar-refractivity contribution in [1.29, 1.82) is 0 Å². The third-order valence-corrected chi connectivity index (χ3v) is 4.40. The number of halogens is 1. The Morgan fingerprint density at radius 3 is 2.59 bits per heavy atom. The summed E-state index contributed by atoms with van der Waals surface area (Å²) in [6, 6.07) is 15.3. The Labute approximate surface area is 163 Å². The van der Waals surface area contributed by atoms with Crippen LogP contribution < -0.4 is 10.6 Å². The number of nitrogens with one attached hydrogen (secondary N) is 2. The van der Waals surface area contributed by atoms with Crippen molar-refractivity contribution in [2.24, 2.45) is 0 Å². The molecule has 0 bridgehead atoms. The smallest absolute Gasteiger partial charge is 0.257 e. The minimum absolute atomic E-state index is 0.178. The number of rotatable bonds is 8. The van der Waals surface area contributed by atoms with Crippen molar-refractivity contribution in [3.05, 3.63) is 64.9 Å². The largest absolute Gasteiger partial charge is 0.387 e. The van der Waals surface area contributed by atoms with Crippen LogP contribution in [-0.4, -0.2) is 34.4 Å². The van der Waals surface area contributed by atoms with E-state index in [1.165, 1.54) is 0 Å². The lowest BCUT2D eigenvalue weighted by atomic mass is 10.1. The van der Waals surface area contributed by atoms with E-state index in [0.29, 0.717) is 23.3 Å². The highest BCUT2D eigenvalue weighted by atomic mass is 35.5. The minimum Gasteiger partial charge on any atom is -0.387 e. The molecule has 6 nitrogen and oxygen atoms in total. The van der Waals surface area contributed by atoms with E-state index in [1.54, 1.807) is 19.1 Å². The van der Waals surface area contributed by atoms with Crippen LogP contribution >= 0.6 is 11.6 Å². The molecule has 1 heterocycles. The molecule has 0 spiro atoms. The molecule has 0 radical (unpaired) electrons. The molecule has 3 aromatic rings. The van der Waals surface area contributed by atoms with Crippen LogP contribution in [-0.2, 0) is 0 Å². The summed E-state index contributed by atoms with van der Waals surface area (Å²) in [5.41, 5.74) is 2.69. The quantitative estimate of drug-likeness (QED) is 0.545. The van der Waals surface area contributed by atoms with Crippen molar-refractivity contribution in [1.82, 2.24) is 15.5 Å². The topological polar surface area (TPSA) is 83.2 Å². The SMILES string of the molecule is Cc1noc(-c2ccc(NC[C@@H](C)NC[C@H](O)c3cccc(Cl)c3)cc2)n1. The Bertz CT molecular complexity index is 866. The Kier molecular flexibility index (Phi) is 6.45. The zero-order chi connectivity index (χ0) is 19.2. The molecule has 27 heavy (non-hydrogen) atoms. The summed E-state index contributed by atoms with van der Waals surface area (Å²) in [6.45, 7) is 5.04. The molecule has 2 atom stereocenters. The Morgan fingerprint density at radius 2 is 1.93 bits per heavy atom. The van der Waals surface area contributed by atoms with Crippen molar-refractivity contribution in [2.45, 2.75) is 26.0 Å². The zero-order valence-corrected chi connectivity index (χ0v) is 16.1. The van der Waals surface area contributed by atoms with Crippen LogP contribution in [0.25, 0.3) is 11.5 Å². The van der Waals surface area contributed by atoms with Gasteiger partial charge >= 0.3 is 0 Å². The predicted octanol–water partition coefficient (Wildman–Crippen LogP) is 3.82. The summed E-state index contributed by atoms with van der Waals surface area (Å²) in [5, 5.41) is 21.4. The summed E-state index contributed by atoms with van der Waals surface area (Å²) in [4.78, 5) is 4.22. The number of aliphatic hydroxyl groups is 1. The van der Waals surface area contributed by atoms with Crippen molar-refractivity contribution >= 4 is 17.3 Å². The first kappa shape index (κ1) is 19.4. The molecule has 0 saturated heterocycles. The third-order valence-electron chi connectivity index (χ3n) is 4.16. The average molecular weight is 387 g/mol. The molecule has 1 aromatic heterocycles. The van der Waals surface area contributed by atoms with Gasteiger partial charge in [-0.3, -0.25) is 0 Å². The van der Waals surface area contributed by atoms with E-state index in [9.17, 15) is 5.11 Å².